The van der Waals surface area contributed by atoms with Gasteiger partial charge >= 0.3 is 0 Å². The van der Waals surface area contributed by atoms with Gasteiger partial charge in [-0.3, -0.25) is 0 Å². The molecule has 0 unspecified atom stereocenters. The molecule has 2 aromatic carbocycles. The molecule has 0 aliphatic carbocycles. The van der Waals surface area contributed by atoms with E-state index in [9.17, 15) is 0 Å². The van der Waals surface area contributed by atoms with Crippen molar-refractivity contribution in [2.45, 2.75) is 13.5 Å². The lowest BCUT2D eigenvalue weighted by Crippen LogP contribution is -2.09. The Morgan fingerprint density at radius 1 is 0.952 bits per heavy atom. The third-order valence-corrected chi connectivity index (χ3v) is 3.94. The second-order valence-electron chi connectivity index (χ2n) is 4.78. The summed E-state index contributed by atoms with van der Waals surface area (Å²) in [6.07, 6.45) is 0. The number of hydrogen-bond donors (Lipinski definition) is 1. The monoisotopic (exact) mass is 349 g/mol. The predicted octanol–water partition coefficient (Wildman–Crippen LogP) is 3.93. The van der Waals surface area contributed by atoms with Crippen LogP contribution in [0.25, 0.3) is 0 Å². The SMILES string of the molecule is CNCc1ccc(OCCOc2ccc(Br)c(C)c2)cc1. The van der Waals surface area contributed by atoms with Crippen LogP contribution in [0.4, 0.5) is 0 Å². The molecule has 4 heteroatoms. The highest BCUT2D eigenvalue weighted by molar-refractivity contribution is 9.10. The molecule has 0 radical (unpaired) electrons. The number of nitrogens with one attached hydrogen (secondary N) is 1. The van der Waals surface area contributed by atoms with Crippen molar-refractivity contribution in [2.24, 2.45) is 0 Å². The summed E-state index contributed by atoms with van der Waals surface area (Å²) in [7, 11) is 1.94. The second kappa shape index (κ2) is 8.05. The molecule has 0 spiro atoms. The van der Waals surface area contributed by atoms with Crippen molar-refractivity contribution in [3.8, 4) is 11.5 Å². The molecule has 0 aromatic heterocycles. The van der Waals surface area contributed by atoms with Crippen LogP contribution in [0.2, 0.25) is 0 Å². The van der Waals surface area contributed by atoms with Gasteiger partial charge in [0.15, 0.2) is 0 Å². The highest BCUT2D eigenvalue weighted by Gasteiger charge is 1.99. The minimum Gasteiger partial charge on any atom is -0.490 e. The van der Waals surface area contributed by atoms with Crippen molar-refractivity contribution < 1.29 is 9.47 Å². The summed E-state index contributed by atoms with van der Waals surface area (Å²) in [5, 5.41) is 3.12. The van der Waals surface area contributed by atoms with Crippen molar-refractivity contribution in [1.82, 2.24) is 5.32 Å². The maximum absolute atomic E-state index is 5.67. The van der Waals surface area contributed by atoms with Crippen LogP contribution in [-0.2, 0) is 6.54 Å². The number of rotatable bonds is 7. The van der Waals surface area contributed by atoms with Gasteiger partial charge in [-0.1, -0.05) is 28.1 Å². The average Bonchev–Trinajstić information content (AvgIpc) is 2.49. The minimum atomic E-state index is 0.527. The van der Waals surface area contributed by atoms with Crippen LogP contribution in [0, 0.1) is 6.92 Å². The van der Waals surface area contributed by atoms with Gasteiger partial charge in [0.25, 0.3) is 0 Å². The Kier molecular flexibility index (Phi) is 6.08. The number of aryl methyl sites for hydroxylation is 1. The topological polar surface area (TPSA) is 30.5 Å². The second-order valence-corrected chi connectivity index (χ2v) is 5.64. The van der Waals surface area contributed by atoms with Crippen LogP contribution >= 0.6 is 15.9 Å². The normalized spacial score (nSPS) is 10.4. The van der Waals surface area contributed by atoms with Crippen LogP contribution in [-0.4, -0.2) is 20.3 Å². The van der Waals surface area contributed by atoms with Gasteiger partial charge in [0.2, 0.25) is 0 Å². The summed E-state index contributed by atoms with van der Waals surface area (Å²) >= 11 is 3.47. The lowest BCUT2D eigenvalue weighted by molar-refractivity contribution is 0.217. The zero-order valence-electron chi connectivity index (χ0n) is 12.4. The van der Waals surface area contributed by atoms with Crippen LogP contribution in [0.3, 0.4) is 0 Å². The number of benzene rings is 2. The molecule has 2 rings (SSSR count). The van der Waals surface area contributed by atoms with Crippen molar-refractivity contribution >= 4 is 15.9 Å². The maximum atomic E-state index is 5.67. The fourth-order valence-electron chi connectivity index (χ4n) is 1.93. The van der Waals surface area contributed by atoms with E-state index in [1.165, 1.54) is 5.56 Å². The maximum Gasteiger partial charge on any atom is 0.122 e. The van der Waals surface area contributed by atoms with Crippen molar-refractivity contribution in [2.75, 3.05) is 20.3 Å². The Balaban J connectivity index is 1.75. The van der Waals surface area contributed by atoms with Crippen LogP contribution in [0.1, 0.15) is 11.1 Å². The molecule has 0 saturated carbocycles. The van der Waals surface area contributed by atoms with Crippen LogP contribution in [0.5, 0.6) is 11.5 Å². The summed E-state index contributed by atoms with van der Waals surface area (Å²) in [4.78, 5) is 0. The van der Waals surface area contributed by atoms with Crippen LogP contribution < -0.4 is 14.8 Å². The average molecular weight is 350 g/mol. The van der Waals surface area contributed by atoms with E-state index in [1.807, 2.05) is 44.3 Å². The van der Waals surface area contributed by atoms with Gasteiger partial charge < -0.3 is 14.8 Å². The molecular weight excluding hydrogens is 330 g/mol. The summed E-state index contributed by atoms with van der Waals surface area (Å²) in [6, 6.07) is 14.0. The Hall–Kier alpha value is -1.52. The Morgan fingerprint density at radius 3 is 2.19 bits per heavy atom. The molecule has 0 aliphatic heterocycles. The van der Waals surface area contributed by atoms with Gasteiger partial charge in [0, 0.05) is 11.0 Å². The Labute approximate surface area is 134 Å². The third-order valence-electron chi connectivity index (χ3n) is 3.05. The predicted molar refractivity (Wildman–Crippen MR) is 89.1 cm³/mol. The van der Waals surface area contributed by atoms with Gasteiger partial charge in [0.1, 0.15) is 24.7 Å². The molecule has 0 atom stereocenters. The molecule has 3 nitrogen and oxygen atoms in total. The molecule has 21 heavy (non-hydrogen) atoms. The molecule has 1 N–H and O–H groups in total. The zero-order chi connectivity index (χ0) is 15.1. The van der Waals surface area contributed by atoms with E-state index in [-0.39, 0.29) is 0 Å². The number of halogens is 1. The fraction of sp³-hybridized carbons (Fsp3) is 0.294. The molecule has 2 aromatic rings. The molecule has 0 amide bonds. The Morgan fingerprint density at radius 2 is 1.57 bits per heavy atom. The van der Waals surface area contributed by atoms with Crippen molar-refractivity contribution in [3.05, 3.63) is 58.1 Å². The van der Waals surface area contributed by atoms with E-state index in [2.05, 4.69) is 33.4 Å². The quantitative estimate of drug-likeness (QED) is 0.768. The number of hydrogen-bond acceptors (Lipinski definition) is 3. The third kappa shape index (κ3) is 5.06. The molecule has 0 saturated heterocycles. The largest absolute Gasteiger partial charge is 0.490 e. The fourth-order valence-corrected chi connectivity index (χ4v) is 2.18. The zero-order valence-corrected chi connectivity index (χ0v) is 13.9. The standard InChI is InChI=1S/C17H20BrNO2/c1-13-11-16(7-8-17(13)18)21-10-9-20-15-5-3-14(4-6-15)12-19-2/h3-8,11,19H,9-10,12H2,1-2H3. The van der Waals surface area contributed by atoms with Gasteiger partial charge in [0.05, 0.1) is 0 Å². The molecule has 0 fully saturated rings. The highest BCUT2D eigenvalue weighted by Crippen LogP contribution is 2.21. The lowest BCUT2D eigenvalue weighted by atomic mass is 10.2. The van der Waals surface area contributed by atoms with E-state index in [0.717, 1.165) is 28.1 Å². The highest BCUT2D eigenvalue weighted by atomic mass is 79.9. The molecule has 0 aliphatic rings. The first kappa shape index (κ1) is 15.9. The van der Waals surface area contributed by atoms with Gasteiger partial charge in [-0.2, -0.15) is 0 Å². The summed E-state index contributed by atoms with van der Waals surface area (Å²) in [6.45, 7) is 3.96. The van der Waals surface area contributed by atoms with E-state index in [1.54, 1.807) is 0 Å². The van der Waals surface area contributed by atoms with E-state index >= 15 is 0 Å². The summed E-state index contributed by atoms with van der Waals surface area (Å²) in [5.74, 6) is 1.73. The van der Waals surface area contributed by atoms with Crippen LogP contribution in [0.15, 0.2) is 46.9 Å². The summed E-state index contributed by atoms with van der Waals surface area (Å²) in [5.41, 5.74) is 2.40. The van der Waals surface area contributed by atoms with E-state index in [0.29, 0.717) is 13.2 Å². The van der Waals surface area contributed by atoms with Gasteiger partial charge in [-0.15, -0.1) is 0 Å². The smallest absolute Gasteiger partial charge is 0.122 e. The van der Waals surface area contributed by atoms with Crippen molar-refractivity contribution in [3.63, 3.8) is 0 Å². The molecule has 0 heterocycles. The lowest BCUT2D eigenvalue weighted by Gasteiger charge is -2.10. The van der Waals surface area contributed by atoms with Gasteiger partial charge in [-0.05, 0) is 55.4 Å². The minimum absolute atomic E-state index is 0.527. The number of ether oxygens (including phenoxy) is 2. The van der Waals surface area contributed by atoms with Crippen molar-refractivity contribution in [1.29, 1.82) is 0 Å². The Bertz CT molecular complexity index is 570. The van der Waals surface area contributed by atoms with E-state index in [4.69, 9.17) is 9.47 Å². The molecule has 112 valence electrons. The molecule has 0 bridgehead atoms. The summed E-state index contributed by atoms with van der Waals surface area (Å²) < 4.78 is 12.4. The van der Waals surface area contributed by atoms with E-state index < -0.39 is 0 Å². The first-order chi connectivity index (χ1) is 10.2. The first-order valence-corrected chi connectivity index (χ1v) is 7.73. The van der Waals surface area contributed by atoms with Gasteiger partial charge in [-0.25, -0.2) is 0 Å². The first-order valence-electron chi connectivity index (χ1n) is 6.94. The molecular formula is C17H20BrNO2.